The molecular formula is C13H27N3O. The maximum atomic E-state index is 11.9. The van der Waals surface area contributed by atoms with Crippen LogP contribution in [0.25, 0.3) is 0 Å². The summed E-state index contributed by atoms with van der Waals surface area (Å²) in [5.41, 5.74) is 5.87. The second-order valence-electron chi connectivity index (χ2n) is 5.39. The van der Waals surface area contributed by atoms with Gasteiger partial charge in [0.25, 0.3) is 0 Å². The minimum absolute atomic E-state index is 0.0276. The maximum Gasteiger partial charge on any atom is 0.237 e. The summed E-state index contributed by atoms with van der Waals surface area (Å²) < 4.78 is 0. The molecule has 1 aliphatic rings. The average Bonchev–Trinajstić information content (AvgIpc) is 2.29. The molecule has 1 heterocycles. The van der Waals surface area contributed by atoms with E-state index in [2.05, 4.69) is 31.1 Å². The first-order valence-corrected chi connectivity index (χ1v) is 6.79. The average molecular weight is 241 g/mol. The monoisotopic (exact) mass is 241 g/mol. The van der Waals surface area contributed by atoms with E-state index in [-0.39, 0.29) is 11.9 Å². The number of piperidine rings is 1. The number of hydrogen-bond donors (Lipinski definition) is 2. The molecule has 1 saturated heterocycles. The van der Waals surface area contributed by atoms with Gasteiger partial charge in [-0.3, -0.25) is 4.79 Å². The molecular weight excluding hydrogens is 214 g/mol. The van der Waals surface area contributed by atoms with E-state index in [1.807, 2.05) is 0 Å². The molecule has 0 aromatic rings. The van der Waals surface area contributed by atoms with Crippen molar-refractivity contribution in [1.29, 1.82) is 0 Å². The third-order valence-corrected chi connectivity index (χ3v) is 3.64. The summed E-state index contributed by atoms with van der Waals surface area (Å²) in [4.78, 5) is 14.2. The largest absolute Gasteiger partial charge is 0.352 e. The van der Waals surface area contributed by atoms with Crippen LogP contribution in [0.15, 0.2) is 0 Å². The summed E-state index contributed by atoms with van der Waals surface area (Å²) in [7, 11) is 2.13. The van der Waals surface area contributed by atoms with E-state index in [1.54, 1.807) is 0 Å². The number of likely N-dealkylation sites (tertiary alicyclic amines) is 1. The Morgan fingerprint density at radius 2 is 2.29 bits per heavy atom. The van der Waals surface area contributed by atoms with Gasteiger partial charge in [-0.25, -0.2) is 0 Å². The van der Waals surface area contributed by atoms with Gasteiger partial charge in [-0.1, -0.05) is 26.7 Å². The van der Waals surface area contributed by atoms with Crippen molar-refractivity contribution in [3.8, 4) is 0 Å². The van der Waals surface area contributed by atoms with Gasteiger partial charge in [-0.15, -0.1) is 0 Å². The number of carbonyl (C=O) groups is 1. The zero-order valence-electron chi connectivity index (χ0n) is 11.4. The summed E-state index contributed by atoms with van der Waals surface area (Å²) in [5, 5.41) is 3.11. The standard InChI is InChI=1S/C13H27N3O/c1-4-5-6-11(14)13(17)15-12-7-8-16(3)9-10(12)2/h10-12H,4-9,14H2,1-3H3,(H,15,17). The summed E-state index contributed by atoms with van der Waals surface area (Å²) in [6.07, 6.45) is 3.94. The van der Waals surface area contributed by atoms with E-state index >= 15 is 0 Å². The minimum Gasteiger partial charge on any atom is -0.352 e. The number of hydrogen-bond acceptors (Lipinski definition) is 3. The fourth-order valence-corrected chi connectivity index (χ4v) is 2.41. The van der Waals surface area contributed by atoms with Crippen molar-refractivity contribution in [1.82, 2.24) is 10.2 Å². The molecule has 0 radical (unpaired) electrons. The number of rotatable bonds is 5. The highest BCUT2D eigenvalue weighted by molar-refractivity contribution is 5.81. The molecule has 1 aliphatic heterocycles. The topological polar surface area (TPSA) is 58.4 Å². The van der Waals surface area contributed by atoms with Gasteiger partial charge in [0.05, 0.1) is 6.04 Å². The van der Waals surface area contributed by atoms with Gasteiger partial charge in [-0.05, 0) is 32.4 Å². The molecule has 0 spiro atoms. The Morgan fingerprint density at radius 1 is 1.59 bits per heavy atom. The molecule has 3 atom stereocenters. The van der Waals surface area contributed by atoms with Gasteiger partial charge >= 0.3 is 0 Å². The van der Waals surface area contributed by atoms with E-state index in [9.17, 15) is 4.79 Å². The van der Waals surface area contributed by atoms with E-state index < -0.39 is 0 Å². The first-order valence-electron chi connectivity index (χ1n) is 6.79. The quantitative estimate of drug-likeness (QED) is 0.754. The van der Waals surface area contributed by atoms with Crippen molar-refractivity contribution < 1.29 is 4.79 Å². The lowest BCUT2D eigenvalue weighted by atomic mass is 9.94. The first-order chi connectivity index (χ1) is 8.04. The second kappa shape index (κ2) is 6.97. The third-order valence-electron chi connectivity index (χ3n) is 3.64. The molecule has 1 rings (SSSR count). The smallest absolute Gasteiger partial charge is 0.237 e. The highest BCUT2D eigenvalue weighted by Gasteiger charge is 2.26. The highest BCUT2D eigenvalue weighted by atomic mass is 16.2. The van der Waals surface area contributed by atoms with Crippen molar-refractivity contribution in [3.05, 3.63) is 0 Å². The second-order valence-corrected chi connectivity index (χ2v) is 5.39. The molecule has 100 valence electrons. The summed E-state index contributed by atoms with van der Waals surface area (Å²) in [6, 6.07) is -0.0341. The van der Waals surface area contributed by atoms with Gasteiger partial charge in [0.15, 0.2) is 0 Å². The van der Waals surface area contributed by atoms with Crippen LogP contribution in [-0.2, 0) is 4.79 Å². The zero-order chi connectivity index (χ0) is 12.8. The Kier molecular flexibility index (Phi) is 5.92. The Bertz CT molecular complexity index is 245. The van der Waals surface area contributed by atoms with E-state index in [0.29, 0.717) is 12.0 Å². The molecule has 1 fully saturated rings. The maximum absolute atomic E-state index is 11.9. The summed E-state index contributed by atoms with van der Waals surface area (Å²) >= 11 is 0. The molecule has 4 nitrogen and oxygen atoms in total. The SMILES string of the molecule is CCCCC(N)C(=O)NC1CCN(C)CC1C. The van der Waals surface area contributed by atoms with Crippen molar-refractivity contribution in [2.45, 2.75) is 51.6 Å². The van der Waals surface area contributed by atoms with Gasteiger partial charge in [-0.2, -0.15) is 0 Å². The van der Waals surface area contributed by atoms with E-state index in [0.717, 1.165) is 38.8 Å². The number of nitrogens with two attached hydrogens (primary N) is 1. The molecule has 0 saturated carbocycles. The summed E-state index contributed by atoms with van der Waals surface area (Å²) in [5.74, 6) is 0.538. The molecule has 0 aromatic carbocycles. The van der Waals surface area contributed by atoms with E-state index in [4.69, 9.17) is 5.73 Å². The van der Waals surface area contributed by atoms with Crippen LogP contribution < -0.4 is 11.1 Å². The van der Waals surface area contributed by atoms with Crippen molar-refractivity contribution in [2.24, 2.45) is 11.7 Å². The molecule has 3 N–H and O–H groups in total. The van der Waals surface area contributed by atoms with Gasteiger partial charge in [0.2, 0.25) is 5.91 Å². The van der Waals surface area contributed by atoms with Crippen LogP contribution in [0.5, 0.6) is 0 Å². The zero-order valence-corrected chi connectivity index (χ0v) is 11.4. The van der Waals surface area contributed by atoms with Crippen LogP contribution in [-0.4, -0.2) is 43.0 Å². The van der Waals surface area contributed by atoms with Crippen LogP contribution in [0.3, 0.4) is 0 Å². The highest BCUT2D eigenvalue weighted by Crippen LogP contribution is 2.15. The van der Waals surface area contributed by atoms with Crippen LogP contribution in [0.4, 0.5) is 0 Å². The first kappa shape index (κ1) is 14.5. The van der Waals surface area contributed by atoms with Crippen LogP contribution in [0.1, 0.15) is 39.5 Å². The lowest BCUT2D eigenvalue weighted by Crippen LogP contribution is -2.52. The number of nitrogens with one attached hydrogen (secondary N) is 1. The van der Waals surface area contributed by atoms with Crippen LogP contribution in [0, 0.1) is 5.92 Å². The molecule has 3 unspecified atom stereocenters. The predicted molar refractivity (Wildman–Crippen MR) is 70.7 cm³/mol. The number of nitrogens with zero attached hydrogens (tertiary/aromatic N) is 1. The molecule has 1 amide bonds. The molecule has 0 bridgehead atoms. The van der Waals surface area contributed by atoms with Crippen molar-refractivity contribution in [3.63, 3.8) is 0 Å². The fraction of sp³-hybridized carbons (Fsp3) is 0.923. The summed E-state index contributed by atoms with van der Waals surface area (Å²) in [6.45, 7) is 6.41. The Hall–Kier alpha value is -0.610. The third kappa shape index (κ3) is 4.64. The minimum atomic E-state index is -0.332. The number of unbranched alkanes of at least 4 members (excludes halogenated alkanes) is 1. The van der Waals surface area contributed by atoms with Crippen molar-refractivity contribution in [2.75, 3.05) is 20.1 Å². The Morgan fingerprint density at radius 3 is 2.88 bits per heavy atom. The van der Waals surface area contributed by atoms with Gasteiger partial charge in [0.1, 0.15) is 0 Å². The number of amides is 1. The molecule has 0 aliphatic carbocycles. The fourth-order valence-electron chi connectivity index (χ4n) is 2.41. The normalized spacial score (nSPS) is 27.8. The molecule has 0 aromatic heterocycles. The van der Waals surface area contributed by atoms with Gasteiger partial charge in [0, 0.05) is 12.6 Å². The lowest BCUT2D eigenvalue weighted by Gasteiger charge is -2.35. The number of carbonyl (C=O) groups excluding carboxylic acids is 1. The van der Waals surface area contributed by atoms with Crippen LogP contribution in [0.2, 0.25) is 0 Å². The Labute approximate surface area is 105 Å². The predicted octanol–water partition coefficient (Wildman–Crippen LogP) is 0.960. The van der Waals surface area contributed by atoms with Crippen LogP contribution >= 0.6 is 0 Å². The van der Waals surface area contributed by atoms with Gasteiger partial charge < -0.3 is 16.0 Å². The van der Waals surface area contributed by atoms with E-state index in [1.165, 1.54) is 0 Å². The lowest BCUT2D eigenvalue weighted by molar-refractivity contribution is -0.123. The Balaban J connectivity index is 2.34. The molecule has 17 heavy (non-hydrogen) atoms. The molecule has 4 heteroatoms. The van der Waals surface area contributed by atoms with Crippen molar-refractivity contribution >= 4 is 5.91 Å².